The van der Waals surface area contributed by atoms with Gasteiger partial charge in [-0.25, -0.2) is 0 Å². The van der Waals surface area contributed by atoms with Crippen molar-refractivity contribution in [1.82, 2.24) is 15.1 Å². The summed E-state index contributed by atoms with van der Waals surface area (Å²) in [5.74, 6) is -0.885. The number of amides is 2. The average Bonchev–Trinajstić information content (AvgIpc) is 2.71. The van der Waals surface area contributed by atoms with Crippen molar-refractivity contribution < 1.29 is 9.59 Å². The second-order valence-electron chi connectivity index (χ2n) is 3.01. The summed E-state index contributed by atoms with van der Waals surface area (Å²) in [4.78, 5) is 22.6. The van der Waals surface area contributed by atoms with Crippen LogP contribution in [0.25, 0.3) is 0 Å². The summed E-state index contributed by atoms with van der Waals surface area (Å²) >= 11 is 5.37. The molecule has 0 radical (unpaired) electrons. The highest BCUT2D eigenvalue weighted by Gasteiger charge is 2.16. The van der Waals surface area contributed by atoms with E-state index in [2.05, 4.69) is 15.7 Å². The van der Waals surface area contributed by atoms with E-state index in [0.717, 1.165) is 0 Å². The number of alkyl halides is 1. The van der Waals surface area contributed by atoms with Crippen molar-refractivity contribution in [3.05, 3.63) is 11.9 Å². The molecule has 88 valence electrons. The van der Waals surface area contributed by atoms with E-state index in [9.17, 15) is 9.59 Å². The standard InChI is InChI=1S/C9H13ClN4O2/c1-3-14-5-6(12-7(15)4-10)8(13-14)9(16)11-2/h5H,3-4H2,1-2H3,(H,11,16)(H,12,15). The maximum absolute atomic E-state index is 11.5. The number of halogens is 1. The Morgan fingerprint density at radius 2 is 2.25 bits per heavy atom. The molecule has 16 heavy (non-hydrogen) atoms. The topological polar surface area (TPSA) is 76.0 Å². The van der Waals surface area contributed by atoms with Crippen LogP contribution < -0.4 is 10.6 Å². The Bertz CT molecular complexity index is 402. The monoisotopic (exact) mass is 244 g/mol. The lowest BCUT2D eigenvalue weighted by atomic mass is 10.3. The number of nitrogens with one attached hydrogen (secondary N) is 2. The number of aromatic nitrogens is 2. The maximum atomic E-state index is 11.5. The summed E-state index contributed by atoms with van der Waals surface area (Å²) in [6.45, 7) is 2.49. The number of carbonyl (C=O) groups is 2. The number of nitrogens with zero attached hydrogens (tertiary/aromatic N) is 2. The second kappa shape index (κ2) is 5.50. The van der Waals surface area contributed by atoms with Gasteiger partial charge in [0.2, 0.25) is 5.91 Å². The molecule has 6 nitrogen and oxygen atoms in total. The minimum atomic E-state index is -0.373. The molecule has 7 heteroatoms. The van der Waals surface area contributed by atoms with Gasteiger partial charge in [0.15, 0.2) is 5.69 Å². The minimum absolute atomic E-state index is 0.162. The molecule has 0 bridgehead atoms. The Kier molecular flexibility index (Phi) is 4.30. The lowest BCUT2D eigenvalue weighted by Gasteiger charge is -2.01. The van der Waals surface area contributed by atoms with Gasteiger partial charge in [-0.15, -0.1) is 11.6 Å². The Hall–Kier alpha value is -1.56. The predicted octanol–water partition coefficient (Wildman–Crippen LogP) is 0.440. The zero-order valence-corrected chi connectivity index (χ0v) is 9.84. The van der Waals surface area contributed by atoms with Crippen LogP contribution in [-0.2, 0) is 11.3 Å². The summed E-state index contributed by atoms with van der Waals surface area (Å²) in [5.41, 5.74) is 0.551. The molecular formula is C9H13ClN4O2. The van der Waals surface area contributed by atoms with E-state index in [4.69, 9.17) is 11.6 Å². The van der Waals surface area contributed by atoms with Gasteiger partial charge in [-0.3, -0.25) is 14.3 Å². The van der Waals surface area contributed by atoms with Crippen LogP contribution in [0.3, 0.4) is 0 Å². The maximum Gasteiger partial charge on any atom is 0.273 e. The van der Waals surface area contributed by atoms with E-state index in [1.807, 2.05) is 6.92 Å². The molecule has 0 spiro atoms. The van der Waals surface area contributed by atoms with E-state index in [0.29, 0.717) is 12.2 Å². The fourth-order valence-electron chi connectivity index (χ4n) is 1.14. The Morgan fingerprint density at radius 1 is 1.56 bits per heavy atom. The first-order chi connectivity index (χ1) is 7.62. The van der Waals surface area contributed by atoms with Crippen molar-refractivity contribution in [3.63, 3.8) is 0 Å². The van der Waals surface area contributed by atoms with Gasteiger partial charge in [0, 0.05) is 19.8 Å². The van der Waals surface area contributed by atoms with Crippen LogP contribution in [0, 0.1) is 0 Å². The quantitative estimate of drug-likeness (QED) is 0.755. The van der Waals surface area contributed by atoms with E-state index >= 15 is 0 Å². The fraction of sp³-hybridized carbons (Fsp3) is 0.444. The number of rotatable bonds is 4. The van der Waals surface area contributed by atoms with Crippen LogP contribution in [0.4, 0.5) is 5.69 Å². The van der Waals surface area contributed by atoms with Crippen molar-refractivity contribution in [3.8, 4) is 0 Å². The van der Waals surface area contributed by atoms with Crippen LogP contribution in [-0.4, -0.2) is 34.5 Å². The number of hydrogen-bond acceptors (Lipinski definition) is 3. The molecule has 1 rings (SSSR count). The first kappa shape index (κ1) is 12.5. The largest absolute Gasteiger partial charge is 0.354 e. The molecule has 2 amide bonds. The van der Waals surface area contributed by atoms with Crippen LogP contribution in [0.5, 0.6) is 0 Å². The molecule has 0 saturated carbocycles. The van der Waals surface area contributed by atoms with Gasteiger partial charge in [-0.2, -0.15) is 5.10 Å². The van der Waals surface area contributed by atoms with Crippen molar-refractivity contribution in [2.45, 2.75) is 13.5 Å². The molecule has 0 unspecified atom stereocenters. The molecule has 1 aromatic heterocycles. The van der Waals surface area contributed by atoms with Crippen molar-refractivity contribution in [2.75, 3.05) is 18.2 Å². The number of carbonyl (C=O) groups excluding carboxylic acids is 2. The summed E-state index contributed by atoms with van der Waals surface area (Å²) in [6, 6.07) is 0. The van der Waals surface area contributed by atoms with E-state index in [1.54, 1.807) is 10.9 Å². The van der Waals surface area contributed by atoms with E-state index < -0.39 is 0 Å². The van der Waals surface area contributed by atoms with Gasteiger partial charge < -0.3 is 10.6 Å². The number of hydrogen-bond donors (Lipinski definition) is 2. The Balaban J connectivity index is 3.00. The van der Waals surface area contributed by atoms with Gasteiger partial charge in [-0.05, 0) is 6.92 Å². The highest BCUT2D eigenvalue weighted by Crippen LogP contribution is 2.13. The van der Waals surface area contributed by atoms with Crippen LogP contribution in [0.15, 0.2) is 6.20 Å². The summed E-state index contributed by atoms with van der Waals surface area (Å²) in [7, 11) is 1.50. The molecule has 0 saturated heterocycles. The molecule has 1 aromatic rings. The summed E-state index contributed by atoms with van der Waals surface area (Å²) in [6.07, 6.45) is 1.59. The van der Waals surface area contributed by atoms with Crippen LogP contribution in [0.2, 0.25) is 0 Å². The first-order valence-electron chi connectivity index (χ1n) is 4.77. The minimum Gasteiger partial charge on any atom is -0.354 e. The van der Waals surface area contributed by atoms with Crippen LogP contribution >= 0.6 is 11.6 Å². The Labute approximate surface area is 98.0 Å². The molecular weight excluding hydrogens is 232 g/mol. The van der Waals surface area contributed by atoms with Gasteiger partial charge in [0.1, 0.15) is 5.88 Å². The highest BCUT2D eigenvalue weighted by atomic mass is 35.5. The number of aryl methyl sites for hydroxylation is 1. The average molecular weight is 245 g/mol. The van der Waals surface area contributed by atoms with Crippen LogP contribution in [0.1, 0.15) is 17.4 Å². The molecule has 1 heterocycles. The van der Waals surface area contributed by atoms with Gasteiger partial charge in [0.05, 0.1) is 5.69 Å². The summed E-state index contributed by atoms with van der Waals surface area (Å²) < 4.78 is 1.56. The molecule has 0 aliphatic heterocycles. The third kappa shape index (κ3) is 2.73. The van der Waals surface area contributed by atoms with Gasteiger partial charge in [0.25, 0.3) is 5.91 Å². The molecule has 0 fully saturated rings. The first-order valence-corrected chi connectivity index (χ1v) is 5.31. The lowest BCUT2D eigenvalue weighted by molar-refractivity contribution is -0.113. The normalized spacial score (nSPS) is 9.94. The van der Waals surface area contributed by atoms with Gasteiger partial charge >= 0.3 is 0 Å². The molecule has 2 N–H and O–H groups in total. The lowest BCUT2D eigenvalue weighted by Crippen LogP contribution is -2.21. The molecule has 0 aliphatic carbocycles. The van der Waals surface area contributed by atoms with Crippen molar-refractivity contribution >= 4 is 29.1 Å². The Morgan fingerprint density at radius 3 is 2.75 bits per heavy atom. The van der Waals surface area contributed by atoms with Gasteiger partial charge in [-0.1, -0.05) is 0 Å². The number of anilines is 1. The zero-order chi connectivity index (χ0) is 12.1. The van der Waals surface area contributed by atoms with E-state index in [1.165, 1.54) is 7.05 Å². The zero-order valence-electron chi connectivity index (χ0n) is 9.08. The third-order valence-electron chi connectivity index (χ3n) is 1.92. The van der Waals surface area contributed by atoms with Crippen molar-refractivity contribution in [1.29, 1.82) is 0 Å². The third-order valence-corrected chi connectivity index (χ3v) is 2.17. The SMILES string of the molecule is CCn1cc(NC(=O)CCl)c(C(=O)NC)n1. The smallest absolute Gasteiger partial charge is 0.273 e. The second-order valence-corrected chi connectivity index (χ2v) is 3.28. The fourth-order valence-corrected chi connectivity index (χ4v) is 1.21. The van der Waals surface area contributed by atoms with Crippen molar-refractivity contribution in [2.24, 2.45) is 0 Å². The predicted molar refractivity (Wildman–Crippen MR) is 60.6 cm³/mol. The molecule has 0 aliphatic rings. The van der Waals surface area contributed by atoms with E-state index in [-0.39, 0.29) is 23.4 Å². The molecule has 0 atom stereocenters. The summed E-state index contributed by atoms with van der Waals surface area (Å²) in [5, 5.41) is 9.00. The highest BCUT2D eigenvalue weighted by molar-refractivity contribution is 6.29. The molecule has 0 aromatic carbocycles.